The van der Waals surface area contributed by atoms with Crippen LogP contribution in [-0.2, 0) is 6.42 Å². The molecule has 1 N–H and O–H groups in total. The molecular weight excluding hydrogens is 294 g/mol. The lowest BCUT2D eigenvalue weighted by atomic mass is 10.2. The number of nitrogens with one attached hydrogen (secondary N) is 1. The minimum absolute atomic E-state index is 0.575. The predicted molar refractivity (Wildman–Crippen MR) is 87.6 cm³/mol. The van der Waals surface area contributed by atoms with Crippen LogP contribution in [0.3, 0.4) is 0 Å². The number of aromatic nitrogens is 4. The summed E-state index contributed by atoms with van der Waals surface area (Å²) in [7, 11) is 3.25. The molecule has 0 fully saturated rings. The average Bonchev–Trinajstić information content (AvgIpc) is 3.04. The summed E-state index contributed by atoms with van der Waals surface area (Å²) in [6.45, 7) is 2.12. The van der Waals surface area contributed by atoms with E-state index in [0.29, 0.717) is 11.5 Å². The van der Waals surface area contributed by atoms with Gasteiger partial charge in [0.2, 0.25) is 0 Å². The normalized spacial score (nSPS) is 10.7. The Morgan fingerprint density at radius 1 is 1.17 bits per heavy atom. The number of hydrogen-bond acceptors (Lipinski definition) is 6. The van der Waals surface area contributed by atoms with E-state index < -0.39 is 0 Å². The molecule has 3 rings (SSSR count). The summed E-state index contributed by atoms with van der Waals surface area (Å²) in [6.07, 6.45) is 3.40. The first-order valence-corrected chi connectivity index (χ1v) is 7.44. The van der Waals surface area contributed by atoms with Crippen LogP contribution in [-0.4, -0.2) is 33.8 Å². The van der Waals surface area contributed by atoms with Crippen molar-refractivity contribution in [1.82, 2.24) is 19.6 Å². The third-order valence-corrected chi connectivity index (χ3v) is 3.48. The fraction of sp³-hybridized carbons (Fsp3) is 0.312. The lowest BCUT2D eigenvalue weighted by Gasteiger charge is -2.13. The van der Waals surface area contributed by atoms with Gasteiger partial charge in [-0.2, -0.15) is 14.6 Å². The number of aryl methyl sites for hydroxylation is 1. The molecule has 0 bridgehead atoms. The molecule has 120 valence electrons. The van der Waals surface area contributed by atoms with Crippen molar-refractivity contribution in [2.24, 2.45) is 0 Å². The standard InChI is InChI=1S/C16H19N5O2/c1-4-5-11-8-15(21-16(19-11)17-10-18-21)20-13-7-6-12(22-2)9-14(13)23-3/h6-10,20H,4-5H2,1-3H3. The number of benzene rings is 1. The smallest absolute Gasteiger partial charge is 0.254 e. The van der Waals surface area contributed by atoms with Crippen LogP contribution in [0.1, 0.15) is 19.0 Å². The zero-order chi connectivity index (χ0) is 16.2. The van der Waals surface area contributed by atoms with Gasteiger partial charge in [0, 0.05) is 17.8 Å². The Hall–Kier alpha value is -2.83. The molecule has 0 saturated carbocycles. The van der Waals surface area contributed by atoms with E-state index in [1.54, 1.807) is 18.7 Å². The highest BCUT2D eigenvalue weighted by atomic mass is 16.5. The predicted octanol–water partition coefficient (Wildman–Crippen LogP) is 2.84. The molecule has 0 radical (unpaired) electrons. The summed E-state index contributed by atoms with van der Waals surface area (Å²) in [5, 5.41) is 7.56. The monoisotopic (exact) mass is 313 g/mol. The maximum Gasteiger partial charge on any atom is 0.254 e. The Balaban J connectivity index is 2.02. The second-order valence-electron chi connectivity index (χ2n) is 5.05. The van der Waals surface area contributed by atoms with Crippen molar-refractivity contribution in [1.29, 1.82) is 0 Å². The number of hydrogen-bond donors (Lipinski definition) is 1. The molecule has 0 spiro atoms. The molecule has 23 heavy (non-hydrogen) atoms. The molecule has 0 saturated heterocycles. The summed E-state index contributed by atoms with van der Waals surface area (Å²) >= 11 is 0. The molecule has 0 atom stereocenters. The Kier molecular flexibility index (Phi) is 4.27. The van der Waals surface area contributed by atoms with Crippen LogP contribution >= 0.6 is 0 Å². The van der Waals surface area contributed by atoms with Crippen molar-refractivity contribution in [2.75, 3.05) is 19.5 Å². The van der Waals surface area contributed by atoms with E-state index in [1.807, 2.05) is 24.3 Å². The van der Waals surface area contributed by atoms with Gasteiger partial charge in [0.25, 0.3) is 5.78 Å². The Morgan fingerprint density at radius 3 is 2.78 bits per heavy atom. The highest BCUT2D eigenvalue weighted by Crippen LogP contribution is 2.31. The third-order valence-electron chi connectivity index (χ3n) is 3.48. The fourth-order valence-corrected chi connectivity index (χ4v) is 2.37. The zero-order valence-electron chi connectivity index (χ0n) is 13.4. The molecule has 7 heteroatoms. The molecule has 0 aliphatic carbocycles. The Bertz CT molecular complexity index is 815. The van der Waals surface area contributed by atoms with Crippen LogP contribution in [0, 0.1) is 0 Å². The minimum Gasteiger partial charge on any atom is -0.497 e. The molecule has 0 unspecified atom stereocenters. The molecule has 0 aliphatic rings. The number of nitrogens with zero attached hydrogens (tertiary/aromatic N) is 4. The van der Waals surface area contributed by atoms with Crippen LogP contribution in [0.2, 0.25) is 0 Å². The van der Waals surface area contributed by atoms with Gasteiger partial charge in [0.15, 0.2) is 0 Å². The van der Waals surface area contributed by atoms with Gasteiger partial charge in [0.05, 0.1) is 19.9 Å². The van der Waals surface area contributed by atoms with Gasteiger partial charge in [-0.1, -0.05) is 13.3 Å². The van der Waals surface area contributed by atoms with Crippen molar-refractivity contribution >= 4 is 17.3 Å². The molecule has 2 aromatic heterocycles. The fourth-order valence-electron chi connectivity index (χ4n) is 2.37. The van der Waals surface area contributed by atoms with E-state index in [4.69, 9.17) is 9.47 Å². The van der Waals surface area contributed by atoms with Crippen molar-refractivity contribution in [3.05, 3.63) is 36.3 Å². The molecule has 0 aliphatic heterocycles. The van der Waals surface area contributed by atoms with Gasteiger partial charge >= 0.3 is 0 Å². The maximum absolute atomic E-state index is 5.43. The quantitative estimate of drug-likeness (QED) is 0.754. The van der Waals surface area contributed by atoms with Crippen LogP contribution in [0.25, 0.3) is 5.78 Å². The number of anilines is 2. The maximum atomic E-state index is 5.43. The molecule has 1 aromatic carbocycles. The van der Waals surface area contributed by atoms with Crippen molar-refractivity contribution in [2.45, 2.75) is 19.8 Å². The molecule has 3 aromatic rings. The summed E-state index contributed by atoms with van der Waals surface area (Å²) in [6, 6.07) is 7.59. The van der Waals surface area contributed by atoms with Crippen molar-refractivity contribution in [3.63, 3.8) is 0 Å². The number of ether oxygens (including phenoxy) is 2. The number of methoxy groups -OCH3 is 2. The van der Waals surface area contributed by atoms with Crippen LogP contribution in [0.5, 0.6) is 11.5 Å². The van der Waals surface area contributed by atoms with Gasteiger partial charge in [-0.15, -0.1) is 0 Å². The van der Waals surface area contributed by atoms with Crippen molar-refractivity contribution in [3.8, 4) is 11.5 Å². The van der Waals surface area contributed by atoms with E-state index in [2.05, 4.69) is 27.3 Å². The van der Waals surface area contributed by atoms with E-state index in [1.165, 1.54) is 6.33 Å². The van der Waals surface area contributed by atoms with Gasteiger partial charge in [0.1, 0.15) is 23.6 Å². The highest BCUT2D eigenvalue weighted by molar-refractivity contribution is 5.67. The summed E-state index contributed by atoms with van der Waals surface area (Å²) in [5.41, 5.74) is 1.79. The molecule has 7 nitrogen and oxygen atoms in total. The second-order valence-corrected chi connectivity index (χ2v) is 5.05. The number of fused-ring (bicyclic) bond motifs is 1. The summed E-state index contributed by atoms with van der Waals surface area (Å²) in [5.74, 6) is 2.79. The van der Waals surface area contributed by atoms with E-state index in [0.717, 1.165) is 35.8 Å². The van der Waals surface area contributed by atoms with E-state index >= 15 is 0 Å². The second kappa shape index (κ2) is 6.51. The van der Waals surface area contributed by atoms with Crippen LogP contribution < -0.4 is 14.8 Å². The van der Waals surface area contributed by atoms with Gasteiger partial charge in [-0.3, -0.25) is 0 Å². The van der Waals surface area contributed by atoms with Gasteiger partial charge in [-0.05, 0) is 18.6 Å². The first-order chi connectivity index (χ1) is 11.2. The first kappa shape index (κ1) is 15.1. The lowest BCUT2D eigenvalue weighted by molar-refractivity contribution is 0.395. The van der Waals surface area contributed by atoms with Gasteiger partial charge < -0.3 is 14.8 Å². The SMILES string of the molecule is CCCc1cc(Nc2ccc(OC)cc2OC)n2ncnc2n1. The lowest BCUT2D eigenvalue weighted by Crippen LogP contribution is -2.05. The third kappa shape index (κ3) is 3.03. The average molecular weight is 313 g/mol. The Morgan fingerprint density at radius 2 is 2.04 bits per heavy atom. The largest absolute Gasteiger partial charge is 0.497 e. The molecule has 0 amide bonds. The van der Waals surface area contributed by atoms with Crippen LogP contribution in [0.15, 0.2) is 30.6 Å². The van der Waals surface area contributed by atoms with E-state index in [-0.39, 0.29) is 0 Å². The highest BCUT2D eigenvalue weighted by Gasteiger charge is 2.11. The zero-order valence-corrected chi connectivity index (χ0v) is 13.4. The summed E-state index contributed by atoms with van der Waals surface area (Å²) in [4.78, 5) is 8.68. The molecule has 2 heterocycles. The van der Waals surface area contributed by atoms with Crippen molar-refractivity contribution < 1.29 is 9.47 Å². The minimum atomic E-state index is 0.575. The van der Waals surface area contributed by atoms with E-state index in [9.17, 15) is 0 Å². The van der Waals surface area contributed by atoms with Gasteiger partial charge in [-0.25, -0.2) is 4.98 Å². The topological polar surface area (TPSA) is 73.6 Å². The van der Waals surface area contributed by atoms with Crippen LogP contribution in [0.4, 0.5) is 11.5 Å². The Labute approximate surface area is 134 Å². The first-order valence-electron chi connectivity index (χ1n) is 7.44. The molecular formula is C16H19N5O2. The summed E-state index contributed by atoms with van der Waals surface area (Å²) < 4.78 is 12.3. The number of rotatable bonds is 6.